The van der Waals surface area contributed by atoms with Gasteiger partial charge in [-0.3, -0.25) is 4.79 Å². The lowest BCUT2D eigenvalue weighted by atomic mass is 10.2. The summed E-state index contributed by atoms with van der Waals surface area (Å²) in [6, 6.07) is 9.80. The molecule has 33 heavy (non-hydrogen) atoms. The van der Waals surface area contributed by atoms with Crippen LogP contribution in [0.15, 0.2) is 47.4 Å². The van der Waals surface area contributed by atoms with E-state index in [1.165, 1.54) is 28.6 Å². The van der Waals surface area contributed by atoms with E-state index < -0.39 is 27.8 Å². The number of ether oxygens (including phenoxy) is 1. The number of aryl methyl sites for hydroxylation is 1. The molecule has 0 radical (unpaired) electrons. The van der Waals surface area contributed by atoms with Gasteiger partial charge in [0.2, 0.25) is 15.9 Å². The lowest BCUT2D eigenvalue weighted by Crippen LogP contribution is -2.45. The molecule has 0 spiro atoms. The second-order valence-electron chi connectivity index (χ2n) is 7.93. The number of sulfonamides is 1. The van der Waals surface area contributed by atoms with Gasteiger partial charge in [-0.15, -0.1) is 5.10 Å². The average Bonchev–Trinajstić information content (AvgIpc) is 3.45. The Morgan fingerprint density at radius 3 is 2.91 bits per heavy atom. The number of carbonyl (C=O) groups is 1. The van der Waals surface area contributed by atoms with Gasteiger partial charge in [0.05, 0.1) is 10.4 Å². The minimum atomic E-state index is -3.91. The Hall–Kier alpha value is -2.89. The van der Waals surface area contributed by atoms with Gasteiger partial charge >= 0.3 is 0 Å². The molecule has 0 aliphatic carbocycles. The third kappa shape index (κ3) is 5.05. The fourth-order valence-corrected chi connectivity index (χ4v) is 5.69. The number of rotatable bonds is 9. The average molecular weight is 476 g/mol. The molecule has 1 saturated heterocycles. The Morgan fingerprint density at radius 2 is 2.12 bits per heavy atom. The van der Waals surface area contributed by atoms with Gasteiger partial charge in [0.15, 0.2) is 0 Å². The van der Waals surface area contributed by atoms with E-state index >= 15 is 0 Å². The van der Waals surface area contributed by atoms with E-state index in [2.05, 4.69) is 15.6 Å². The molecule has 176 valence electrons. The quantitative estimate of drug-likeness (QED) is 0.475. The Morgan fingerprint density at radius 1 is 1.27 bits per heavy atom. The zero-order valence-electron chi connectivity index (χ0n) is 18.3. The predicted octanol–water partition coefficient (Wildman–Crippen LogP) is 2.08. The summed E-state index contributed by atoms with van der Waals surface area (Å²) in [7, 11) is -2.28. The largest absolute Gasteiger partial charge is 0.385 e. The van der Waals surface area contributed by atoms with Crippen molar-refractivity contribution in [3.63, 3.8) is 0 Å². The molecule has 3 aromatic rings. The Bertz CT molecular complexity index is 1250. The van der Waals surface area contributed by atoms with Crippen molar-refractivity contribution in [3.05, 3.63) is 53.8 Å². The van der Waals surface area contributed by atoms with Crippen LogP contribution in [-0.2, 0) is 32.6 Å². The number of hydrogen-bond donors (Lipinski definition) is 1. The van der Waals surface area contributed by atoms with Crippen molar-refractivity contribution in [1.82, 2.24) is 24.6 Å². The molecule has 4 rings (SSSR count). The molecule has 0 bridgehead atoms. The van der Waals surface area contributed by atoms with Gasteiger partial charge < -0.3 is 10.1 Å². The molecule has 1 aliphatic heterocycles. The molecule has 1 aliphatic rings. The first kappa shape index (κ1) is 23.3. The summed E-state index contributed by atoms with van der Waals surface area (Å²) in [5, 5.41) is 10.9. The van der Waals surface area contributed by atoms with Crippen LogP contribution in [0.4, 0.5) is 4.39 Å². The maximum atomic E-state index is 13.4. The van der Waals surface area contributed by atoms with Crippen molar-refractivity contribution in [1.29, 1.82) is 0 Å². The molecule has 1 amide bonds. The summed E-state index contributed by atoms with van der Waals surface area (Å²) in [6.07, 6.45) is 1.76. The number of hydrogen-bond acceptors (Lipinski definition) is 6. The van der Waals surface area contributed by atoms with Crippen molar-refractivity contribution in [2.24, 2.45) is 0 Å². The van der Waals surface area contributed by atoms with E-state index in [-0.39, 0.29) is 18.0 Å². The Kier molecular flexibility index (Phi) is 7.01. The summed E-state index contributed by atoms with van der Waals surface area (Å²) >= 11 is 0. The van der Waals surface area contributed by atoms with Crippen LogP contribution >= 0.6 is 0 Å². The number of nitrogens with one attached hydrogen (secondary N) is 1. The second kappa shape index (κ2) is 9.94. The van der Waals surface area contributed by atoms with Crippen molar-refractivity contribution >= 4 is 27.0 Å². The van der Waals surface area contributed by atoms with E-state index in [0.29, 0.717) is 37.1 Å². The van der Waals surface area contributed by atoms with Gasteiger partial charge in [-0.05, 0) is 55.2 Å². The monoisotopic (exact) mass is 475 g/mol. The van der Waals surface area contributed by atoms with Crippen LogP contribution in [0.5, 0.6) is 0 Å². The van der Waals surface area contributed by atoms with Gasteiger partial charge in [-0.25, -0.2) is 17.5 Å². The van der Waals surface area contributed by atoms with Crippen LogP contribution in [-0.4, -0.2) is 59.9 Å². The minimum absolute atomic E-state index is 0.0729. The van der Waals surface area contributed by atoms with Crippen LogP contribution in [0.3, 0.4) is 0 Å². The normalized spacial score (nSPS) is 17.0. The van der Waals surface area contributed by atoms with Gasteiger partial charge in [-0.2, -0.15) is 4.31 Å². The Labute approximate surface area is 191 Å². The van der Waals surface area contributed by atoms with E-state index in [1.807, 2.05) is 0 Å². The predicted molar refractivity (Wildman–Crippen MR) is 119 cm³/mol. The zero-order chi connectivity index (χ0) is 23.4. The first-order valence-electron chi connectivity index (χ1n) is 10.8. The number of aromatic nitrogens is 3. The standard InChI is InChI=1S/C22H26FN5O4S/c1-32-12-4-10-27-20-9-8-18(14-19(20)25-26-27)33(30,31)28-11-3-7-21(28)22(29)24-15-16-5-2-6-17(23)13-16/h2,5-6,8-9,13-14,21H,3-4,7,10-12,15H2,1H3,(H,24,29). The fraction of sp³-hybridized carbons (Fsp3) is 0.409. The fourth-order valence-electron chi connectivity index (χ4n) is 4.02. The van der Waals surface area contributed by atoms with E-state index in [9.17, 15) is 17.6 Å². The molecule has 2 heterocycles. The van der Waals surface area contributed by atoms with Gasteiger partial charge in [0.1, 0.15) is 17.4 Å². The van der Waals surface area contributed by atoms with Crippen molar-refractivity contribution in [3.8, 4) is 0 Å². The van der Waals surface area contributed by atoms with Crippen LogP contribution in [0, 0.1) is 5.82 Å². The number of fused-ring (bicyclic) bond motifs is 1. The third-order valence-electron chi connectivity index (χ3n) is 5.67. The number of nitrogens with zero attached hydrogens (tertiary/aromatic N) is 4. The molecule has 1 atom stereocenters. The maximum Gasteiger partial charge on any atom is 0.243 e. The number of methoxy groups -OCH3 is 1. The smallest absolute Gasteiger partial charge is 0.243 e. The highest BCUT2D eigenvalue weighted by molar-refractivity contribution is 7.89. The lowest BCUT2D eigenvalue weighted by Gasteiger charge is -2.23. The molecule has 1 aromatic heterocycles. The molecule has 2 aromatic carbocycles. The van der Waals surface area contributed by atoms with Crippen LogP contribution in [0.25, 0.3) is 11.0 Å². The van der Waals surface area contributed by atoms with Crippen molar-refractivity contribution in [2.45, 2.75) is 43.3 Å². The van der Waals surface area contributed by atoms with E-state index in [1.54, 1.807) is 30.0 Å². The number of benzene rings is 2. The van der Waals surface area contributed by atoms with Gasteiger partial charge in [0, 0.05) is 33.4 Å². The molecule has 1 N–H and O–H groups in total. The van der Waals surface area contributed by atoms with Crippen molar-refractivity contribution in [2.75, 3.05) is 20.3 Å². The molecular formula is C22H26FN5O4S. The van der Waals surface area contributed by atoms with Gasteiger partial charge in [-0.1, -0.05) is 17.3 Å². The van der Waals surface area contributed by atoms with Crippen LogP contribution in [0.1, 0.15) is 24.8 Å². The summed E-state index contributed by atoms with van der Waals surface area (Å²) in [5.41, 5.74) is 1.81. The molecule has 9 nitrogen and oxygen atoms in total. The van der Waals surface area contributed by atoms with Gasteiger partial charge in [0.25, 0.3) is 0 Å². The third-order valence-corrected chi connectivity index (χ3v) is 7.58. The minimum Gasteiger partial charge on any atom is -0.385 e. The highest BCUT2D eigenvalue weighted by Crippen LogP contribution is 2.28. The summed E-state index contributed by atoms with van der Waals surface area (Å²) in [4.78, 5) is 12.9. The highest BCUT2D eigenvalue weighted by Gasteiger charge is 2.39. The second-order valence-corrected chi connectivity index (χ2v) is 9.82. The summed E-state index contributed by atoms with van der Waals surface area (Å²) in [6.45, 7) is 1.57. The zero-order valence-corrected chi connectivity index (χ0v) is 19.1. The lowest BCUT2D eigenvalue weighted by molar-refractivity contribution is -0.124. The van der Waals surface area contributed by atoms with E-state index in [0.717, 1.165) is 11.9 Å². The summed E-state index contributed by atoms with van der Waals surface area (Å²) < 4.78 is 48.1. The molecule has 0 saturated carbocycles. The number of amides is 1. The van der Waals surface area contributed by atoms with Crippen molar-refractivity contribution < 1.29 is 22.3 Å². The molecule has 11 heteroatoms. The van der Waals surface area contributed by atoms with Crippen LogP contribution < -0.4 is 5.32 Å². The molecule has 1 fully saturated rings. The first-order chi connectivity index (χ1) is 15.9. The maximum absolute atomic E-state index is 13.4. The van der Waals surface area contributed by atoms with E-state index in [4.69, 9.17) is 4.74 Å². The number of halogens is 1. The topological polar surface area (TPSA) is 106 Å². The summed E-state index contributed by atoms with van der Waals surface area (Å²) in [5.74, 6) is -0.789. The van der Waals surface area contributed by atoms with Crippen LogP contribution in [0.2, 0.25) is 0 Å². The molecular weight excluding hydrogens is 449 g/mol. The highest BCUT2D eigenvalue weighted by atomic mass is 32.2. The Balaban J connectivity index is 1.49. The first-order valence-corrected chi connectivity index (χ1v) is 12.2. The molecule has 1 unspecified atom stereocenters. The SMILES string of the molecule is COCCCn1nnc2cc(S(=O)(=O)N3CCCC3C(=O)NCc3cccc(F)c3)ccc21. The number of carbonyl (C=O) groups excluding carboxylic acids is 1.